The van der Waals surface area contributed by atoms with Crippen LogP contribution in [0, 0.1) is 5.92 Å². The lowest BCUT2D eigenvalue weighted by Gasteiger charge is -2.22. The number of hydrogen-bond acceptors (Lipinski definition) is 3. The number of hydrogen-bond donors (Lipinski definition) is 1. The fraction of sp³-hybridized carbons (Fsp3) is 0.636. The van der Waals surface area contributed by atoms with Crippen molar-refractivity contribution in [3.05, 3.63) is 24.2 Å². The molecule has 1 aliphatic rings. The van der Waals surface area contributed by atoms with Crippen LogP contribution >= 0.6 is 0 Å². The molecule has 1 saturated heterocycles. The van der Waals surface area contributed by atoms with Gasteiger partial charge in [0.1, 0.15) is 0 Å². The summed E-state index contributed by atoms with van der Waals surface area (Å²) in [6.07, 6.45) is 3.55. The van der Waals surface area contributed by atoms with Gasteiger partial charge in [0.25, 0.3) is 0 Å². The van der Waals surface area contributed by atoms with E-state index in [1.807, 2.05) is 12.3 Å². The second kappa shape index (κ2) is 3.75. The molecule has 0 radical (unpaired) electrons. The minimum Gasteiger partial charge on any atom is -0.472 e. The van der Waals surface area contributed by atoms with Crippen molar-refractivity contribution < 1.29 is 4.42 Å². The van der Waals surface area contributed by atoms with Crippen LogP contribution in [0.25, 0.3) is 0 Å². The molecule has 0 bridgehead atoms. The van der Waals surface area contributed by atoms with Gasteiger partial charge in [0.05, 0.1) is 12.5 Å². The lowest BCUT2D eigenvalue weighted by atomic mass is 10.1. The van der Waals surface area contributed by atoms with Crippen molar-refractivity contribution in [3.63, 3.8) is 0 Å². The topological polar surface area (TPSA) is 42.4 Å². The van der Waals surface area contributed by atoms with Gasteiger partial charge in [-0.25, -0.2) is 0 Å². The summed E-state index contributed by atoms with van der Waals surface area (Å²) in [5, 5.41) is 0. The molecule has 0 spiro atoms. The lowest BCUT2D eigenvalue weighted by Crippen LogP contribution is -2.29. The maximum Gasteiger partial charge on any atom is 0.0950 e. The first-order valence-electron chi connectivity index (χ1n) is 5.20. The van der Waals surface area contributed by atoms with Crippen molar-refractivity contribution in [1.29, 1.82) is 0 Å². The Morgan fingerprint density at radius 3 is 2.86 bits per heavy atom. The standard InChI is InChI=1S/C11H18N2O/c1-8-5-13(6-11(8)12)9(2)10-3-4-14-7-10/h3-4,7-9,11H,5-6,12H2,1-2H3. The zero-order chi connectivity index (χ0) is 10.1. The maximum absolute atomic E-state index is 5.99. The van der Waals surface area contributed by atoms with E-state index in [2.05, 4.69) is 18.7 Å². The number of nitrogens with two attached hydrogens (primary N) is 1. The molecular weight excluding hydrogens is 176 g/mol. The van der Waals surface area contributed by atoms with Gasteiger partial charge >= 0.3 is 0 Å². The van der Waals surface area contributed by atoms with Crippen LogP contribution in [0.2, 0.25) is 0 Å². The monoisotopic (exact) mass is 194 g/mol. The van der Waals surface area contributed by atoms with E-state index in [1.165, 1.54) is 5.56 Å². The molecule has 2 N–H and O–H groups in total. The normalized spacial score (nSPS) is 30.8. The third kappa shape index (κ3) is 1.70. The summed E-state index contributed by atoms with van der Waals surface area (Å²) in [7, 11) is 0. The first-order valence-corrected chi connectivity index (χ1v) is 5.20. The molecule has 2 heterocycles. The molecule has 1 aliphatic heterocycles. The Morgan fingerprint density at radius 1 is 1.57 bits per heavy atom. The van der Waals surface area contributed by atoms with Crippen LogP contribution in [0.1, 0.15) is 25.5 Å². The third-order valence-corrected chi connectivity index (χ3v) is 3.27. The third-order valence-electron chi connectivity index (χ3n) is 3.27. The van der Waals surface area contributed by atoms with Gasteiger partial charge in [-0.2, -0.15) is 0 Å². The molecular formula is C11H18N2O. The summed E-state index contributed by atoms with van der Waals surface area (Å²) in [5.41, 5.74) is 7.24. The largest absolute Gasteiger partial charge is 0.472 e. The van der Waals surface area contributed by atoms with E-state index in [0.29, 0.717) is 18.0 Å². The van der Waals surface area contributed by atoms with Crippen LogP contribution in [0.4, 0.5) is 0 Å². The highest BCUT2D eigenvalue weighted by molar-refractivity contribution is 5.11. The maximum atomic E-state index is 5.99. The number of rotatable bonds is 2. The predicted molar refractivity (Wildman–Crippen MR) is 55.8 cm³/mol. The first-order chi connectivity index (χ1) is 6.68. The second-order valence-electron chi connectivity index (χ2n) is 4.33. The van der Waals surface area contributed by atoms with Gasteiger partial charge in [-0.1, -0.05) is 6.92 Å². The van der Waals surface area contributed by atoms with E-state index in [0.717, 1.165) is 13.1 Å². The van der Waals surface area contributed by atoms with E-state index >= 15 is 0 Å². The summed E-state index contributed by atoms with van der Waals surface area (Å²) in [5.74, 6) is 0.601. The van der Waals surface area contributed by atoms with Crippen LogP contribution in [-0.4, -0.2) is 24.0 Å². The second-order valence-corrected chi connectivity index (χ2v) is 4.33. The molecule has 3 atom stereocenters. The molecule has 78 valence electrons. The van der Waals surface area contributed by atoms with Crippen molar-refractivity contribution in [2.45, 2.75) is 25.9 Å². The Bertz CT molecular complexity index is 273. The molecule has 1 aromatic heterocycles. The Morgan fingerprint density at radius 2 is 2.36 bits per heavy atom. The highest BCUT2D eigenvalue weighted by atomic mass is 16.3. The fourth-order valence-corrected chi connectivity index (χ4v) is 2.07. The summed E-state index contributed by atoms with van der Waals surface area (Å²) in [6.45, 7) is 6.50. The van der Waals surface area contributed by atoms with E-state index in [4.69, 9.17) is 10.2 Å². The molecule has 1 fully saturated rings. The Kier molecular flexibility index (Phi) is 2.61. The van der Waals surface area contributed by atoms with Crippen molar-refractivity contribution >= 4 is 0 Å². The molecule has 14 heavy (non-hydrogen) atoms. The molecule has 0 aromatic carbocycles. The summed E-state index contributed by atoms with van der Waals surface area (Å²) in [6, 6.07) is 2.77. The Labute approximate surface area is 84.9 Å². The number of nitrogens with zero attached hydrogens (tertiary/aromatic N) is 1. The molecule has 2 rings (SSSR count). The summed E-state index contributed by atoms with van der Waals surface area (Å²) in [4.78, 5) is 2.42. The van der Waals surface area contributed by atoms with Crippen LogP contribution in [0.15, 0.2) is 23.0 Å². The van der Waals surface area contributed by atoms with Crippen molar-refractivity contribution in [2.75, 3.05) is 13.1 Å². The quantitative estimate of drug-likeness (QED) is 0.778. The zero-order valence-corrected chi connectivity index (χ0v) is 8.81. The SMILES string of the molecule is CC1CN(C(C)c2ccoc2)CC1N. The van der Waals surface area contributed by atoms with E-state index in [1.54, 1.807) is 6.26 Å². The van der Waals surface area contributed by atoms with Gasteiger partial charge in [-0.15, -0.1) is 0 Å². The highest BCUT2D eigenvalue weighted by Gasteiger charge is 2.30. The molecule has 0 aliphatic carbocycles. The lowest BCUT2D eigenvalue weighted by molar-refractivity contribution is 0.252. The Balaban J connectivity index is 2.03. The highest BCUT2D eigenvalue weighted by Crippen LogP contribution is 2.26. The predicted octanol–water partition coefficient (Wildman–Crippen LogP) is 1.62. The van der Waals surface area contributed by atoms with Crippen molar-refractivity contribution in [3.8, 4) is 0 Å². The van der Waals surface area contributed by atoms with Gasteiger partial charge in [0.2, 0.25) is 0 Å². The van der Waals surface area contributed by atoms with Crippen molar-refractivity contribution in [2.24, 2.45) is 11.7 Å². The van der Waals surface area contributed by atoms with Crippen LogP contribution in [0.5, 0.6) is 0 Å². The summed E-state index contributed by atoms with van der Waals surface area (Å²) < 4.78 is 5.09. The van der Waals surface area contributed by atoms with Crippen molar-refractivity contribution in [1.82, 2.24) is 4.90 Å². The van der Waals surface area contributed by atoms with E-state index in [9.17, 15) is 0 Å². The average Bonchev–Trinajstić information content (AvgIpc) is 2.76. The summed E-state index contributed by atoms with van der Waals surface area (Å²) >= 11 is 0. The van der Waals surface area contributed by atoms with E-state index < -0.39 is 0 Å². The molecule has 3 nitrogen and oxygen atoms in total. The van der Waals surface area contributed by atoms with Gasteiger partial charge in [0.15, 0.2) is 0 Å². The van der Waals surface area contributed by atoms with Crippen LogP contribution in [-0.2, 0) is 0 Å². The van der Waals surface area contributed by atoms with Crippen LogP contribution < -0.4 is 5.73 Å². The fourth-order valence-electron chi connectivity index (χ4n) is 2.07. The Hall–Kier alpha value is -0.800. The molecule has 3 unspecified atom stereocenters. The first kappa shape index (κ1) is 9.74. The van der Waals surface area contributed by atoms with Gasteiger partial charge in [-0.3, -0.25) is 4.90 Å². The number of furan rings is 1. The average molecular weight is 194 g/mol. The minimum atomic E-state index is 0.323. The smallest absolute Gasteiger partial charge is 0.0950 e. The number of likely N-dealkylation sites (tertiary alicyclic amines) is 1. The van der Waals surface area contributed by atoms with Gasteiger partial charge in [0, 0.05) is 30.7 Å². The van der Waals surface area contributed by atoms with E-state index in [-0.39, 0.29) is 0 Å². The molecule has 1 aromatic rings. The molecule has 3 heteroatoms. The minimum absolute atomic E-state index is 0.323. The molecule has 0 saturated carbocycles. The van der Waals surface area contributed by atoms with Crippen LogP contribution in [0.3, 0.4) is 0 Å². The van der Waals surface area contributed by atoms with Gasteiger partial charge in [-0.05, 0) is 18.9 Å². The van der Waals surface area contributed by atoms with Gasteiger partial charge < -0.3 is 10.2 Å². The zero-order valence-electron chi connectivity index (χ0n) is 8.81. The molecule has 0 amide bonds.